The van der Waals surface area contributed by atoms with Gasteiger partial charge in [-0.2, -0.15) is 5.10 Å². The fraction of sp³-hybridized carbons (Fsp3) is 0.192. The van der Waals surface area contributed by atoms with E-state index in [-0.39, 0.29) is 23.0 Å². The predicted octanol–water partition coefficient (Wildman–Crippen LogP) is 5.10. The van der Waals surface area contributed by atoms with Gasteiger partial charge < -0.3 is 10.4 Å². The zero-order valence-electron chi connectivity index (χ0n) is 18.6. The summed E-state index contributed by atoms with van der Waals surface area (Å²) in [7, 11) is 0. The van der Waals surface area contributed by atoms with Crippen molar-refractivity contribution < 1.29 is 14.7 Å². The van der Waals surface area contributed by atoms with E-state index in [0.29, 0.717) is 22.5 Å². The van der Waals surface area contributed by atoms with Gasteiger partial charge in [0.05, 0.1) is 5.71 Å². The highest BCUT2D eigenvalue weighted by molar-refractivity contribution is 6.05. The standard InChI is InChI=1S/C26H27N3O3/c1-17(18-9-15-23(30)16-10-18)28-29-25(32)20-7-13-22(14-8-20)27-24(31)19-5-11-21(12-6-19)26(2,3)4/h5-16,30H,1-4H3,(H,27,31)(H,29,32). The molecule has 0 fully saturated rings. The average molecular weight is 430 g/mol. The van der Waals surface area contributed by atoms with Crippen molar-refractivity contribution in [2.75, 3.05) is 5.32 Å². The summed E-state index contributed by atoms with van der Waals surface area (Å²) in [5.41, 5.74) is 6.68. The first-order chi connectivity index (χ1) is 15.1. The van der Waals surface area contributed by atoms with Crippen molar-refractivity contribution >= 4 is 23.2 Å². The molecule has 0 saturated heterocycles. The van der Waals surface area contributed by atoms with Crippen molar-refractivity contribution in [3.05, 3.63) is 95.1 Å². The quantitative estimate of drug-likeness (QED) is 0.389. The van der Waals surface area contributed by atoms with Crippen LogP contribution in [0.5, 0.6) is 5.75 Å². The molecule has 3 aromatic carbocycles. The molecule has 3 rings (SSSR count). The fourth-order valence-electron chi connectivity index (χ4n) is 3.00. The Hall–Kier alpha value is -3.93. The highest BCUT2D eigenvalue weighted by Crippen LogP contribution is 2.22. The molecule has 0 aliphatic rings. The van der Waals surface area contributed by atoms with Crippen molar-refractivity contribution in [2.45, 2.75) is 33.1 Å². The van der Waals surface area contributed by atoms with E-state index >= 15 is 0 Å². The fourth-order valence-corrected chi connectivity index (χ4v) is 3.00. The summed E-state index contributed by atoms with van der Waals surface area (Å²) in [5, 5.41) is 16.3. The minimum atomic E-state index is -0.362. The van der Waals surface area contributed by atoms with Gasteiger partial charge in [-0.05, 0) is 84.1 Å². The maximum absolute atomic E-state index is 12.5. The first-order valence-corrected chi connectivity index (χ1v) is 10.3. The maximum Gasteiger partial charge on any atom is 0.271 e. The number of amides is 2. The molecule has 6 nitrogen and oxygen atoms in total. The van der Waals surface area contributed by atoms with Crippen LogP contribution in [0.2, 0.25) is 0 Å². The second-order valence-corrected chi connectivity index (χ2v) is 8.54. The van der Waals surface area contributed by atoms with Crippen LogP contribution in [-0.2, 0) is 5.41 Å². The van der Waals surface area contributed by atoms with Crippen molar-refractivity contribution in [3.63, 3.8) is 0 Å². The summed E-state index contributed by atoms with van der Waals surface area (Å²) < 4.78 is 0. The first-order valence-electron chi connectivity index (χ1n) is 10.3. The van der Waals surface area contributed by atoms with Crippen LogP contribution in [0.15, 0.2) is 77.9 Å². The number of rotatable bonds is 5. The molecule has 6 heteroatoms. The van der Waals surface area contributed by atoms with E-state index < -0.39 is 0 Å². The lowest BCUT2D eigenvalue weighted by Crippen LogP contribution is -2.19. The lowest BCUT2D eigenvalue weighted by atomic mass is 9.87. The van der Waals surface area contributed by atoms with Gasteiger partial charge in [0.15, 0.2) is 0 Å². The van der Waals surface area contributed by atoms with Crippen molar-refractivity contribution in [1.29, 1.82) is 0 Å². The van der Waals surface area contributed by atoms with E-state index in [1.807, 2.05) is 24.3 Å². The topological polar surface area (TPSA) is 90.8 Å². The minimum absolute atomic E-state index is 0.0258. The summed E-state index contributed by atoms with van der Waals surface area (Å²) in [4.78, 5) is 24.9. The van der Waals surface area contributed by atoms with Crippen molar-refractivity contribution in [1.82, 2.24) is 5.43 Å². The van der Waals surface area contributed by atoms with Crippen molar-refractivity contribution in [3.8, 4) is 5.75 Å². The third kappa shape index (κ3) is 5.82. The average Bonchev–Trinajstić information content (AvgIpc) is 2.77. The second kappa shape index (κ2) is 9.47. The number of phenols is 1. The van der Waals surface area contributed by atoms with Crippen molar-refractivity contribution in [2.24, 2.45) is 5.10 Å². The highest BCUT2D eigenvalue weighted by Gasteiger charge is 2.14. The Labute approximate surface area is 188 Å². The number of hydrazone groups is 1. The lowest BCUT2D eigenvalue weighted by molar-refractivity contribution is 0.0954. The van der Waals surface area contributed by atoms with Crippen LogP contribution in [0.1, 0.15) is 59.5 Å². The summed E-state index contributed by atoms with van der Waals surface area (Å²) in [6.45, 7) is 8.14. The molecule has 2 amide bonds. The van der Waals surface area contributed by atoms with Gasteiger partial charge in [-0.1, -0.05) is 32.9 Å². The molecule has 0 spiro atoms. The minimum Gasteiger partial charge on any atom is -0.508 e. The number of anilines is 1. The Kier molecular flexibility index (Phi) is 6.73. The maximum atomic E-state index is 12.5. The molecule has 0 radical (unpaired) electrons. The number of carbonyl (C=O) groups excluding carboxylic acids is 2. The number of nitrogens with one attached hydrogen (secondary N) is 2. The molecule has 0 atom stereocenters. The lowest BCUT2D eigenvalue weighted by Gasteiger charge is -2.19. The number of benzene rings is 3. The van der Waals surface area contributed by atoms with Crippen LogP contribution in [0.3, 0.4) is 0 Å². The van der Waals surface area contributed by atoms with Gasteiger partial charge in [0, 0.05) is 16.8 Å². The smallest absolute Gasteiger partial charge is 0.271 e. The summed E-state index contributed by atoms with van der Waals surface area (Å²) >= 11 is 0. The Morgan fingerprint density at radius 1 is 0.750 bits per heavy atom. The molecule has 3 N–H and O–H groups in total. The summed E-state index contributed by atoms with van der Waals surface area (Å²) in [5.74, 6) is -0.407. The zero-order valence-corrected chi connectivity index (χ0v) is 18.6. The number of phenolic OH excluding ortho intramolecular Hbond substituents is 1. The van der Waals surface area contributed by atoms with Crippen LogP contribution in [0.4, 0.5) is 5.69 Å². The van der Waals surface area contributed by atoms with Gasteiger partial charge in [0.25, 0.3) is 11.8 Å². The molecule has 0 unspecified atom stereocenters. The van der Waals surface area contributed by atoms with E-state index in [1.165, 1.54) is 0 Å². The largest absolute Gasteiger partial charge is 0.508 e. The number of hydrogen-bond acceptors (Lipinski definition) is 4. The van der Waals surface area contributed by atoms with Crippen LogP contribution >= 0.6 is 0 Å². The van der Waals surface area contributed by atoms with E-state index in [4.69, 9.17) is 0 Å². The van der Waals surface area contributed by atoms with E-state index in [2.05, 4.69) is 36.6 Å². The molecule has 0 aromatic heterocycles. The number of aromatic hydroxyl groups is 1. The molecule has 0 heterocycles. The highest BCUT2D eigenvalue weighted by atomic mass is 16.3. The van der Waals surface area contributed by atoms with E-state index in [9.17, 15) is 14.7 Å². The normalized spacial score (nSPS) is 11.7. The van der Waals surface area contributed by atoms with Crippen LogP contribution < -0.4 is 10.7 Å². The second-order valence-electron chi connectivity index (χ2n) is 8.54. The molecular weight excluding hydrogens is 402 g/mol. The van der Waals surface area contributed by atoms with Crippen LogP contribution in [-0.4, -0.2) is 22.6 Å². The Morgan fingerprint density at radius 2 is 1.25 bits per heavy atom. The Bertz CT molecular complexity index is 1120. The monoisotopic (exact) mass is 429 g/mol. The van der Waals surface area contributed by atoms with Crippen LogP contribution in [0.25, 0.3) is 0 Å². The molecule has 32 heavy (non-hydrogen) atoms. The van der Waals surface area contributed by atoms with Gasteiger partial charge >= 0.3 is 0 Å². The molecule has 0 aliphatic carbocycles. The Morgan fingerprint density at radius 3 is 1.81 bits per heavy atom. The molecular formula is C26H27N3O3. The van der Waals surface area contributed by atoms with Gasteiger partial charge in [-0.15, -0.1) is 0 Å². The molecule has 164 valence electrons. The predicted molar refractivity (Wildman–Crippen MR) is 127 cm³/mol. The summed E-state index contributed by atoms with van der Waals surface area (Å²) in [6, 6.07) is 20.7. The SMILES string of the molecule is CC(=NNC(=O)c1ccc(NC(=O)c2ccc(C(C)(C)C)cc2)cc1)c1ccc(O)cc1. The zero-order chi connectivity index (χ0) is 23.3. The summed E-state index contributed by atoms with van der Waals surface area (Å²) in [6.07, 6.45) is 0. The van der Waals surface area contributed by atoms with Gasteiger partial charge in [-0.3, -0.25) is 9.59 Å². The third-order valence-corrected chi connectivity index (χ3v) is 5.03. The van der Waals surface area contributed by atoms with Crippen LogP contribution in [0, 0.1) is 0 Å². The van der Waals surface area contributed by atoms with Gasteiger partial charge in [0.1, 0.15) is 5.75 Å². The molecule has 0 saturated carbocycles. The first kappa shape index (κ1) is 22.7. The molecule has 0 aliphatic heterocycles. The number of hydrogen-bond donors (Lipinski definition) is 3. The third-order valence-electron chi connectivity index (χ3n) is 5.03. The molecule has 0 bridgehead atoms. The van der Waals surface area contributed by atoms with E-state index in [1.54, 1.807) is 55.5 Å². The number of carbonyl (C=O) groups is 2. The molecule has 3 aromatic rings. The Balaban J connectivity index is 1.60. The van der Waals surface area contributed by atoms with Gasteiger partial charge in [0.2, 0.25) is 0 Å². The van der Waals surface area contributed by atoms with E-state index in [0.717, 1.165) is 11.1 Å². The van der Waals surface area contributed by atoms with Gasteiger partial charge in [-0.25, -0.2) is 5.43 Å². The number of nitrogens with zero attached hydrogens (tertiary/aromatic N) is 1.